The van der Waals surface area contributed by atoms with Crippen molar-refractivity contribution in [2.75, 3.05) is 19.0 Å². The normalized spacial score (nSPS) is 10.9. The van der Waals surface area contributed by atoms with E-state index in [0.29, 0.717) is 11.4 Å². The summed E-state index contributed by atoms with van der Waals surface area (Å²) in [5.41, 5.74) is 5.11. The highest BCUT2D eigenvalue weighted by atomic mass is 16.5. The maximum absolute atomic E-state index is 13.5. The van der Waals surface area contributed by atoms with Gasteiger partial charge in [0.25, 0.3) is 5.91 Å². The highest BCUT2D eigenvalue weighted by Crippen LogP contribution is 2.33. The molecule has 3 aromatic carbocycles. The minimum atomic E-state index is -0.298. The molecule has 0 fully saturated rings. The van der Waals surface area contributed by atoms with Gasteiger partial charge in [-0.2, -0.15) is 5.10 Å². The largest absolute Gasteiger partial charge is 0.497 e. The van der Waals surface area contributed by atoms with E-state index in [1.807, 2.05) is 99.6 Å². The third-order valence-electron chi connectivity index (χ3n) is 6.92. The van der Waals surface area contributed by atoms with Crippen LogP contribution >= 0.6 is 0 Å². The Hall–Kier alpha value is -4.39. The van der Waals surface area contributed by atoms with Gasteiger partial charge in [-0.1, -0.05) is 55.8 Å². The van der Waals surface area contributed by atoms with E-state index in [2.05, 4.69) is 12.2 Å². The number of rotatable bonds is 11. The van der Waals surface area contributed by atoms with Crippen LogP contribution in [0.5, 0.6) is 5.75 Å². The minimum absolute atomic E-state index is 0.0881. The standard InChI is InChI=1S/C33H38N4O3/c1-6-7-11-25-14-16-27(17-15-25)33(39)36(23(2)3)22-30(38)34-32-31(26-12-9-8-10-13-26)24(4)35-37(32)28-18-20-29(40-5)21-19-28/h8-10,12-21,23H,6-7,11,22H2,1-5H3,(H,34,38). The lowest BCUT2D eigenvalue weighted by atomic mass is 10.1. The number of hydrogen-bond acceptors (Lipinski definition) is 4. The summed E-state index contributed by atoms with van der Waals surface area (Å²) in [5, 5.41) is 7.86. The van der Waals surface area contributed by atoms with Gasteiger partial charge in [0, 0.05) is 17.2 Å². The molecule has 40 heavy (non-hydrogen) atoms. The number of benzene rings is 3. The molecule has 0 atom stereocenters. The van der Waals surface area contributed by atoms with Gasteiger partial charge in [-0.15, -0.1) is 0 Å². The Morgan fingerprint density at radius 1 is 0.975 bits per heavy atom. The van der Waals surface area contributed by atoms with Gasteiger partial charge in [0.1, 0.15) is 18.1 Å². The number of methoxy groups -OCH3 is 1. The lowest BCUT2D eigenvalue weighted by Gasteiger charge is -2.26. The lowest BCUT2D eigenvalue weighted by Crippen LogP contribution is -2.42. The van der Waals surface area contributed by atoms with E-state index in [0.717, 1.165) is 47.5 Å². The summed E-state index contributed by atoms with van der Waals surface area (Å²) in [6, 6.07) is 24.9. The zero-order chi connectivity index (χ0) is 28.6. The van der Waals surface area contributed by atoms with E-state index in [4.69, 9.17) is 9.84 Å². The fourth-order valence-electron chi connectivity index (χ4n) is 4.68. The fraction of sp³-hybridized carbons (Fsp3) is 0.303. The summed E-state index contributed by atoms with van der Waals surface area (Å²) in [5.74, 6) is 0.810. The van der Waals surface area contributed by atoms with E-state index in [9.17, 15) is 9.59 Å². The number of hydrogen-bond donors (Lipinski definition) is 1. The van der Waals surface area contributed by atoms with Crippen LogP contribution in [0.4, 0.5) is 5.82 Å². The predicted octanol–water partition coefficient (Wildman–Crippen LogP) is 6.69. The molecule has 0 radical (unpaired) electrons. The molecule has 208 valence electrons. The number of aryl methyl sites for hydroxylation is 2. The summed E-state index contributed by atoms with van der Waals surface area (Å²) >= 11 is 0. The average Bonchev–Trinajstić information content (AvgIpc) is 3.30. The first-order chi connectivity index (χ1) is 19.3. The highest BCUT2D eigenvalue weighted by molar-refractivity contribution is 6.01. The van der Waals surface area contributed by atoms with Crippen LogP contribution in [0.15, 0.2) is 78.9 Å². The van der Waals surface area contributed by atoms with Gasteiger partial charge in [-0.05, 0) is 81.1 Å². The number of unbranched alkanes of at least 4 members (excludes halogenated alkanes) is 1. The second-order valence-corrected chi connectivity index (χ2v) is 10.2. The van der Waals surface area contributed by atoms with Crippen molar-refractivity contribution < 1.29 is 14.3 Å². The van der Waals surface area contributed by atoms with Crippen LogP contribution in [0.3, 0.4) is 0 Å². The first kappa shape index (κ1) is 28.6. The SMILES string of the molecule is CCCCc1ccc(C(=O)N(CC(=O)Nc2c(-c3ccccc3)c(C)nn2-c2ccc(OC)cc2)C(C)C)cc1. The number of aromatic nitrogens is 2. The van der Waals surface area contributed by atoms with Crippen LogP contribution in [0.2, 0.25) is 0 Å². The second-order valence-electron chi connectivity index (χ2n) is 10.2. The first-order valence-electron chi connectivity index (χ1n) is 13.8. The molecular weight excluding hydrogens is 500 g/mol. The maximum atomic E-state index is 13.5. The van der Waals surface area contributed by atoms with Crippen molar-refractivity contribution in [2.24, 2.45) is 0 Å². The van der Waals surface area contributed by atoms with Crippen LogP contribution in [-0.2, 0) is 11.2 Å². The molecule has 4 aromatic rings. The van der Waals surface area contributed by atoms with Gasteiger partial charge in [0.05, 0.1) is 18.5 Å². The van der Waals surface area contributed by atoms with Gasteiger partial charge in [-0.3, -0.25) is 9.59 Å². The molecule has 7 nitrogen and oxygen atoms in total. The molecule has 0 aliphatic carbocycles. The van der Waals surface area contributed by atoms with Crippen LogP contribution in [0, 0.1) is 6.92 Å². The summed E-state index contributed by atoms with van der Waals surface area (Å²) in [7, 11) is 1.62. The number of nitrogens with zero attached hydrogens (tertiary/aromatic N) is 3. The summed E-state index contributed by atoms with van der Waals surface area (Å²) in [4.78, 5) is 28.6. The van der Waals surface area contributed by atoms with E-state index in [-0.39, 0.29) is 24.4 Å². The van der Waals surface area contributed by atoms with Gasteiger partial charge in [-0.25, -0.2) is 4.68 Å². The van der Waals surface area contributed by atoms with Gasteiger partial charge in [0.15, 0.2) is 0 Å². The molecule has 0 aliphatic heterocycles. The summed E-state index contributed by atoms with van der Waals surface area (Å²) in [6.45, 7) is 7.84. The molecule has 0 spiro atoms. The van der Waals surface area contributed by atoms with Crippen molar-refractivity contribution in [3.8, 4) is 22.6 Å². The maximum Gasteiger partial charge on any atom is 0.254 e. The quantitative estimate of drug-likeness (QED) is 0.231. The molecule has 1 heterocycles. The van der Waals surface area contributed by atoms with Crippen LogP contribution in [-0.4, -0.2) is 46.2 Å². The Morgan fingerprint density at radius 3 is 2.25 bits per heavy atom. The molecule has 0 saturated carbocycles. The molecule has 0 unspecified atom stereocenters. The molecule has 7 heteroatoms. The van der Waals surface area contributed by atoms with Gasteiger partial charge >= 0.3 is 0 Å². The zero-order valence-corrected chi connectivity index (χ0v) is 24.0. The van der Waals surface area contributed by atoms with Crippen LogP contribution < -0.4 is 10.1 Å². The predicted molar refractivity (Wildman–Crippen MR) is 160 cm³/mol. The molecule has 4 rings (SSSR count). The smallest absolute Gasteiger partial charge is 0.254 e. The Labute approximate surface area is 236 Å². The van der Waals surface area contributed by atoms with Gasteiger partial charge < -0.3 is 15.0 Å². The van der Waals surface area contributed by atoms with Crippen molar-refractivity contribution in [3.63, 3.8) is 0 Å². The zero-order valence-electron chi connectivity index (χ0n) is 24.0. The topological polar surface area (TPSA) is 76.5 Å². The third-order valence-corrected chi connectivity index (χ3v) is 6.92. The van der Waals surface area contributed by atoms with E-state index < -0.39 is 0 Å². The van der Waals surface area contributed by atoms with Crippen molar-refractivity contribution >= 4 is 17.6 Å². The monoisotopic (exact) mass is 538 g/mol. The van der Waals surface area contributed by atoms with Crippen LogP contribution in [0.1, 0.15) is 55.2 Å². The van der Waals surface area contributed by atoms with Crippen molar-refractivity contribution in [2.45, 2.75) is 53.0 Å². The molecule has 0 bridgehead atoms. The van der Waals surface area contributed by atoms with E-state index in [1.165, 1.54) is 5.56 Å². The highest BCUT2D eigenvalue weighted by Gasteiger charge is 2.25. The van der Waals surface area contributed by atoms with E-state index in [1.54, 1.807) is 16.7 Å². The average molecular weight is 539 g/mol. The minimum Gasteiger partial charge on any atom is -0.497 e. The summed E-state index contributed by atoms with van der Waals surface area (Å²) in [6.07, 6.45) is 3.23. The van der Waals surface area contributed by atoms with Crippen molar-refractivity contribution in [1.82, 2.24) is 14.7 Å². The summed E-state index contributed by atoms with van der Waals surface area (Å²) < 4.78 is 7.04. The Balaban J connectivity index is 1.62. The molecule has 0 aliphatic rings. The van der Waals surface area contributed by atoms with E-state index >= 15 is 0 Å². The Morgan fingerprint density at radius 2 is 1.65 bits per heavy atom. The molecule has 0 saturated heterocycles. The lowest BCUT2D eigenvalue weighted by molar-refractivity contribution is -0.117. The number of ether oxygens (including phenoxy) is 1. The number of amides is 2. The molecular formula is C33H38N4O3. The fourth-order valence-corrected chi connectivity index (χ4v) is 4.68. The molecule has 1 N–H and O–H groups in total. The van der Waals surface area contributed by atoms with Crippen molar-refractivity contribution in [3.05, 3.63) is 95.7 Å². The van der Waals surface area contributed by atoms with Crippen molar-refractivity contribution in [1.29, 1.82) is 0 Å². The number of carbonyl (C=O) groups excluding carboxylic acids is 2. The van der Waals surface area contributed by atoms with Gasteiger partial charge in [0.2, 0.25) is 5.91 Å². The molecule has 2 amide bonds. The molecule has 1 aromatic heterocycles. The number of anilines is 1. The first-order valence-corrected chi connectivity index (χ1v) is 13.8. The number of nitrogens with one attached hydrogen (secondary N) is 1. The third kappa shape index (κ3) is 6.60. The Kier molecular flexibility index (Phi) is 9.38. The van der Waals surface area contributed by atoms with Crippen LogP contribution in [0.25, 0.3) is 16.8 Å². The second kappa shape index (κ2) is 13.1. The number of carbonyl (C=O) groups is 2. The Bertz CT molecular complexity index is 1430.